The molecule has 0 aliphatic carbocycles. The smallest absolute Gasteiger partial charge is 0.411 e. The predicted octanol–water partition coefficient (Wildman–Crippen LogP) is 2.81. The first kappa shape index (κ1) is 14.8. The molecular formula is C16H21N3O3. The number of amides is 1. The zero-order valence-electron chi connectivity index (χ0n) is 12.7. The van der Waals surface area contributed by atoms with Crippen LogP contribution in [0.3, 0.4) is 0 Å². The van der Waals surface area contributed by atoms with E-state index in [4.69, 9.17) is 4.74 Å². The Bertz CT molecular complexity index is 662. The molecule has 0 radical (unpaired) electrons. The number of carboxylic acid groups (broad SMARTS) is 1. The highest BCUT2D eigenvalue weighted by atomic mass is 16.5. The van der Waals surface area contributed by atoms with Crippen LogP contribution in [-0.2, 0) is 11.2 Å². The molecule has 0 unspecified atom stereocenters. The van der Waals surface area contributed by atoms with Gasteiger partial charge in [-0.15, -0.1) is 0 Å². The molecule has 1 saturated heterocycles. The number of nitrogens with zero attached hydrogens (tertiary/aromatic N) is 3. The average Bonchev–Trinajstić information content (AvgIpc) is 2.91. The second-order valence-corrected chi connectivity index (χ2v) is 5.63. The number of anilines is 1. The highest BCUT2D eigenvalue weighted by Gasteiger charge is 2.26. The molecule has 3 heterocycles. The molecule has 1 N–H and O–H groups in total. The summed E-state index contributed by atoms with van der Waals surface area (Å²) in [7, 11) is 0. The van der Waals surface area contributed by atoms with Gasteiger partial charge in [-0.2, -0.15) is 5.10 Å². The van der Waals surface area contributed by atoms with Gasteiger partial charge in [0.2, 0.25) is 0 Å². The van der Waals surface area contributed by atoms with E-state index in [9.17, 15) is 9.90 Å². The summed E-state index contributed by atoms with van der Waals surface area (Å²) in [6.45, 7) is 3.93. The molecule has 118 valence electrons. The van der Waals surface area contributed by atoms with Crippen molar-refractivity contribution in [1.29, 1.82) is 0 Å². The fraction of sp³-hybridized carbons (Fsp3) is 0.500. The number of ether oxygens (including phenoxy) is 1. The van der Waals surface area contributed by atoms with Crippen LogP contribution < -0.4 is 4.90 Å². The first-order valence-electron chi connectivity index (χ1n) is 7.75. The standard InChI is InChI=1S/C16H21N3O3/c1-2-13-15(14-5-3-4-8-19(14)17-13)18(16(20)21)11-12-6-9-22-10-7-12/h3-5,8,12H,2,6-7,9-11H2,1H3,(H,20,21). The number of pyridine rings is 1. The molecule has 6 nitrogen and oxygen atoms in total. The summed E-state index contributed by atoms with van der Waals surface area (Å²) in [5, 5.41) is 14.2. The van der Waals surface area contributed by atoms with Crippen LogP contribution in [0.4, 0.5) is 10.5 Å². The van der Waals surface area contributed by atoms with Crippen molar-refractivity contribution in [3.63, 3.8) is 0 Å². The molecule has 3 rings (SSSR count). The maximum Gasteiger partial charge on any atom is 0.411 e. The summed E-state index contributed by atoms with van der Waals surface area (Å²) in [5.41, 5.74) is 2.39. The number of hydrogen-bond acceptors (Lipinski definition) is 3. The zero-order valence-corrected chi connectivity index (χ0v) is 12.7. The van der Waals surface area contributed by atoms with Crippen LogP contribution in [0, 0.1) is 5.92 Å². The zero-order chi connectivity index (χ0) is 15.5. The van der Waals surface area contributed by atoms with E-state index in [0.29, 0.717) is 32.1 Å². The first-order chi connectivity index (χ1) is 10.7. The van der Waals surface area contributed by atoms with Gasteiger partial charge in [0.05, 0.1) is 16.9 Å². The molecule has 0 saturated carbocycles. The molecule has 0 spiro atoms. The number of fused-ring (bicyclic) bond motifs is 1. The van der Waals surface area contributed by atoms with Crippen molar-refractivity contribution >= 4 is 17.3 Å². The quantitative estimate of drug-likeness (QED) is 0.943. The molecule has 22 heavy (non-hydrogen) atoms. The summed E-state index contributed by atoms with van der Waals surface area (Å²) in [6.07, 6.45) is 3.45. The molecule has 1 aliphatic rings. The second-order valence-electron chi connectivity index (χ2n) is 5.63. The Kier molecular flexibility index (Phi) is 4.29. The number of aromatic nitrogens is 2. The highest BCUT2D eigenvalue weighted by Crippen LogP contribution is 2.29. The van der Waals surface area contributed by atoms with Crippen molar-refractivity contribution in [2.75, 3.05) is 24.7 Å². The van der Waals surface area contributed by atoms with Gasteiger partial charge in [0.25, 0.3) is 0 Å². The van der Waals surface area contributed by atoms with Crippen LogP contribution in [-0.4, -0.2) is 40.6 Å². The topological polar surface area (TPSA) is 67.1 Å². The molecule has 0 aromatic carbocycles. The number of carbonyl (C=O) groups is 1. The summed E-state index contributed by atoms with van der Waals surface area (Å²) in [5.74, 6) is 0.341. The van der Waals surface area contributed by atoms with E-state index in [2.05, 4.69) is 5.10 Å². The molecule has 1 aliphatic heterocycles. The van der Waals surface area contributed by atoms with Crippen molar-refractivity contribution < 1.29 is 14.6 Å². The van der Waals surface area contributed by atoms with Gasteiger partial charge in [0.1, 0.15) is 0 Å². The lowest BCUT2D eigenvalue weighted by Crippen LogP contribution is -2.36. The van der Waals surface area contributed by atoms with Crippen molar-refractivity contribution in [3.8, 4) is 0 Å². The third kappa shape index (κ3) is 2.78. The first-order valence-corrected chi connectivity index (χ1v) is 7.75. The molecule has 2 aromatic heterocycles. The summed E-state index contributed by atoms with van der Waals surface area (Å²) < 4.78 is 7.12. The highest BCUT2D eigenvalue weighted by molar-refractivity contribution is 5.93. The Morgan fingerprint density at radius 1 is 1.45 bits per heavy atom. The Labute approximate surface area is 129 Å². The second kappa shape index (κ2) is 6.36. The van der Waals surface area contributed by atoms with Gasteiger partial charge in [0, 0.05) is 26.0 Å². The van der Waals surface area contributed by atoms with Gasteiger partial charge >= 0.3 is 6.09 Å². The maximum absolute atomic E-state index is 11.8. The third-order valence-corrected chi connectivity index (χ3v) is 4.20. The van der Waals surface area contributed by atoms with E-state index in [1.165, 1.54) is 4.90 Å². The minimum atomic E-state index is -0.917. The van der Waals surface area contributed by atoms with Gasteiger partial charge < -0.3 is 9.84 Å². The van der Waals surface area contributed by atoms with Crippen molar-refractivity contribution in [3.05, 3.63) is 30.1 Å². The van der Waals surface area contributed by atoms with Crippen LogP contribution in [0.2, 0.25) is 0 Å². The summed E-state index contributed by atoms with van der Waals surface area (Å²) in [6, 6.07) is 5.72. The van der Waals surface area contributed by atoms with Gasteiger partial charge in [-0.05, 0) is 37.3 Å². The Morgan fingerprint density at radius 3 is 2.91 bits per heavy atom. The van der Waals surface area contributed by atoms with E-state index >= 15 is 0 Å². The Balaban J connectivity index is 1.98. The minimum Gasteiger partial charge on any atom is -0.465 e. The van der Waals surface area contributed by atoms with E-state index in [1.54, 1.807) is 4.52 Å². The monoisotopic (exact) mass is 303 g/mol. The minimum absolute atomic E-state index is 0.341. The predicted molar refractivity (Wildman–Crippen MR) is 83.5 cm³/mol. The van der Waals surface area contributed by atoms with Crippen LogP contribution in [0.15, 0.2) is 24.4 Å². The van der Waals surface area contributed by atoms with Crippen molar-refractivity contribution in [1.82, 2.24) is 9.61 Å². The molecular weight excluding hydrogens is 282 g/mol. The van der Waals surface area contributed by atoms with Crippen LogP contribution in [0.5, 0.6) is 0 Å². The van der Waals surface area contributed by atoms with Crippen molar-refractivity contribution in [2.45, 2.75) is 26.2 Å². The largest absolute Gasteiger partial charge is 0.465 e. The molecule has 2 aromatic rings. The summed E-state index contributed by atoms with van der Waals surface area (Å²) >= 11 is 0. The lowest BCUT2D eigenvalue weighted by Gasteiger charge is -2.28. The number of aryl methyl sites for hydroxylation is 1. The molecule has 0 bridgehead atoms. The fourth-order valence-electron chi connectivity index (χ4n) is 3.02. The van der Waals surface area contributed by atoms with E-state index in [-0.39, 0.29) is 0 Å². The van der Waals surface area contributed by atoms with Gasteiger partial charge in [-0.3, -0.25) is 4.90 Å². The maximum atomic E-state index is 11.8. The van der Waals surface area contributed by atoms with Gasteiger partial charge in [-0.25, -0.2) is 9.31 Å². The van der Waals surface area contributed by atoms with Crippen molar-refractivity contribution in [2.24, 2.45) is 5.92 Å². The molecule has 0 atom stereocenters. The summed E-state index contributed by atoms with van der Waals surface area (Å²) in [4.78, 5) is 13.3. The van der Waals surface area contributed by atoms with Crippen LogP contribution >= 0.6 is 0 Å². The van der Waals surface area contributed by atoms with Crippen LogP contribution in [0.1, 0.15) is 25.5 Å². The SMILES string of the molecule is CCc1nn2ccccc2c1N(CC1CCOCC1)C(=O)O. The van der Waals surface area contributed by atoms with Crippen LogP contribution in [0.25, 0.3) is 5.52 Å². The molecule has 1 amide bonds. The third-order valence-electron chi connectivity index (χ3n) is 4.20. The lowest BCUT2D eigenvalue weighted by atomic mass is 9.99. The lowest BCUT2D eigenvalue weighted by molar-refractivity contribution is 0.0680. The Hall–Kier alpha value is -2.08. The fourth-order valence-corrected chi connectivity index (χ4v) is 3.02. The number of rotatable bonds is 4. The van der Waals surface area contributed by atoms with E-state index in [1.807, 2.05) is 31.3 Å². The van der Waals surface area contributed by atoms with E-state index < -0.39 is 6.09 Å². The average molecular weight is 303 g/mol. The molecule has 6 heteroatoms. The van der Waals surface area contributed by atoms with Gasteiger partial charge in [-0.1, -0.05) is 13.0 Å². The normalized spacial score (nSPS) is 16.0. The van der Waals surface area contributed by atoms with E-state index in [0.717, 1.165) is 29.7 Å². The van der Waals surface area contributed by atoms with Gasteiger partial charge in [0.15, 0.2) is 0 Å². The Morgan fingerprint density at radius 2 is 2.23 bits per heavy atom. The molecule has 1 fully saturated rings. The number of hydrogen-bond donors (Lipinski definition) is 1.